The lowest BCUT2D eigenvalue weighted by atomic mass is 9.91. The third-order valence-corrected chi connectivity index (χ3v) is 6.13. The summed E-state index contributed by atoms with van der Waals surface area (Å²) < 4.78 is 41.1. The van der Waals surface area contributed by atoms with Gasteiger partial charge in [-0.25, -0.2) is 18.2 Å². The summed E-state index contributed by atoms with van der Waals surface area (Å²) in [7, 11) is 0. The second kappa shape index (κ2) is 7.83. The first-order valence-electron chi connectivity index (χ1n) is 8.54. The van der Waals surface area contributed by atoms with E-state index in [0.29, 0.717) is 18.7 Å². The van der Waals surface area contributed by atoms with Crippen molar-refractivity contribution in [3.05, 3.63) is 59.2 Å². The van der Waals surface area contributed by atoms with E-state index in [0.717, 1.165) is 18.3 Å². The third-order valence-electron chi connectivity index (χ3n) is 4.82. The Kier molecular flexibility index (Phi) is 5.64. The topological polar surface area (TPSA) is 80.4 Å². The molecule has 0 saturated carbocycles. The maximum atomic E-state index is 14.4. The van der Waals surface area contributed by atoms with Crippen molar-refractivity contribution in [2.24, 2.45) is 10.7 Å². The molecule has 2 unspecified atom stereocenters. The van der Waals surface area contributed by atoms with Crippen molar-refractivity contribution in [3.63, 3.8) is 0 Å². The molecule has 1 aliphatic rings. The van der Waals surface area contributed by atoms with E-state index in [1.165, 1.54) is 12.1 Å². The van der Waals surface area contributed by atoms with Gasteiger partial charge in [0.25, 0.3) is 5.91 Å². The number of hydrogen-bond acceptors (Lipinski definition) is 5. The molecule has 0 radical (unpaired) electrons. The highest BCUT2D eigenvalue weighted by atomic mass is 32.2. The van der Waals surface area contributed by atoms with Gasteiger partial charge in [0.2, 0.25) is 0 Å². The Morgan fingerprint density at radius 1 is 1.32 bits per heavy atom. The molecular weight excluding hydrogens is 389 g/mol. The van der Waals surface area contributed by atoms with Crippen molar-refractivity contribution in [2.75, 3.05) is 11.6 Å². The van der Waals surface area contributed by atoms with Crippen molar-refractivity contribution in [1.29, 1.82) is 0 Å². The Morgan fingerprint density at radius 3 is 2.68 bits per heavy atom. The molecule has 5 nitrogen and oxygen atoms in total. The summed E-state index contributed by atoms with van der Waals surface area (Å²) in [4.78, 5) is 20.3. The fourth-order valence-corrected chi connectivity index (χ4v) is 3.55. The van der Waals surface area contributed by atoms with Crippen LogP contribution in [-0.4, -0.2) is 27.7 Å². The van der Waals surface area contributed by atoms with Crippen LogP contribution in [0.1, 0.15) is 41.9 Å². The molecule has 1 amide bonds. The number of anilines is 1. The van der Waals surface area contributed by atoms with Gasteiger partial charge in [-0.1, -0.05) is 0 Å². The number of pyridine rings is 1. The molecule has 1 aliphatic heterocycles. The van der Waals surface area contributed by atoms with Crippen LogP contribution in [0.4, 0.5) is 18.9 Å². The van der Waals surface area contributed by atoms with E-state index in [4.69, 9.17) is 5.73 Å². The Bertz CT molecular complexity index is 936. The van der Waals surface area contributed by atoms with E-state index < -0.39 is 29.4 Å². The minimum absolute atomic E-state index is 0.0217. The maximum absolute atomic E-state index is 14.4. The van der Waals surface area contributed by atoms with Gasteiger partial charge >= 0.3 is 0 Å². The first kappa shape index (κ1) is 20.2. The van der Waals surface area contributed by atoms with Crippen LogP contribution >= 0.6 is 11.8 Å². The Hall–Kier alpha value is -2.55. The molecule has 148 valence electrons. The molecule has 2 atom stereocenters. The minimum Gasteiger partial charge on any atom is -0.386 e. The monoisotopic (exact) mass is 408 g/mol. The van der Waals surface area contributed by atoms with E-state index in [9.17, 15) is 18.0 Å². The average Bonchev–Trinajstić information content (AvgIpc) is 2.67. The van der Waals surface area contributed by atoms with Gasteiger partial charge in [0.1, 0.15) is 17.3 Å². The van der Waals surface area contributed by atoms with Crippen LogP contribution in [0, 0.1) is 17.5 Å². The third kappa shape index (κ3) is 3.99. The molecule has 0 aliphatic carbocycles. The number of amides is 1. The quantitative estimate of drug-likeness (QED) is 0.799. The minimum atomic E-state index is -1.10. The first-order chi connectivity index (χ1) is 13.2. The lowest BCUT2D eigenvalue weighted by molar-refractivity contribution is 0.102. The highest BCUT2D eigenvalue weighted by molar-refractivity contribution is 8.00. The molecule has 2 aromatic rings. The number of nitrogens with one attached hydrogen (secondary N) is 1. The molecule has 0 spiro atoms. The van der Waals surface area contributed by atoms with Crippen molar-refractivity contribution < 1.29 is 18.0 Å². The summed E-state index contributed by atoms with van der Waals surface area (Å²) in [6, 6.07) is 3.85. The molecule has 0 bridgehead atoms. The van der Waals surface area contributed by atoms with E-state index in [1.807, 2.05) is 13.2 Å². The number of carbonyl (C=O) groups excluding carboxylic acids is 1. The molecule has 3 rings (SSSR count). The van der Waals surface area contributed by atoms with Gasteiger partial charge < -0.3 is 11.1 Å². The second-order valence-electron chi connectivity index (χ2n) is 6.68. The Labute approximate surface area is 164 Å². The van der Waals surface area contributed by atoms with E-state index >= 15 is 0 Å². The lowest BCUT2D eigenvalue weighted by Gasteiger charge is -2.33. The van der Waals surface area contributed by atoms with Gasteiger partial charge in [0, 0.05) is 17.3 Å². The van der Waals surface area contributed by atoms with E-state index in [1.54, 1.807) is 11.8 Å². The number of aromatic nitrogens is 1. The summed E-state index contributed by atoms with van der Waals surface area (Å²) in [6.45, 7) is 1.95. The van der Waals surface area contributed by atoms with Gasteiger partial charge in [-0.05, 0) is 44.2 Å². The second-order valence-corrected chi connectivity index (χ2v) is 7.99. The number of aliphatic imine (C=N–C) groups is 1. The zero-order valence-corrected chi connectivity index (χ0v) is 16.1. The summed E-state index contributed by atoms with van der Waals surface area (Å²) in [5.41, 5.74) is 6.07. The number of benzene rings is 1. The first-order valence-corrected chi connectivity index (χ1v) is 9.77. The molecule has 28 heavy (non-hydrogen) atoms. The van der Waals surface area contributed by atoms with Gasteiger partial charge in [-0.2, -0.15) is 11.8 Å². The summed E-state index contributed by atoms with van der Waals surface area (Å²) in [5, 5.41) is 2.45. The highest BCUT2D eigenvalue weighted by Crippen LogP contribution is 2.39. The summed E-state index contributed by atoms with van der Waals surface area (Å²) in [6.07, 6.45) is 3.97. The summed E-state index contributed by atoms with van der Waals surface area (Å²) >= 11 is 1.56. The van der Waals surface area contributed by atoms with Gasteiger partial charge in [-0.15, -0.1) is 0 Å². The Morgan fingerprint density at radius 2 is 2.07 bits per heavy atom. The van der Waals surface area contributed by atoms with Crippen molar-refractivity contribution in [3.8, 4) is 0 Å². The van der Waals surface area contributed by atoms with Crippen LogP contribution in [-0.2, 0) is 0 Å². The van der Waals surface area contributed by atoms with E-state index in [-0.39, 0.29) is 21.7 Å². The number of amidine groups is 1. The highest BCUT2D eigenvalue weighted by Gasteiger charge is 2.35. The fraction of sp³-hybridized carbons (Fsp3) is 0.316. The molecule has 3 N–H and O–H groups in total. The number of hydrogen-bond donors (Lipinski definition) is 2. The van der Waals surface area contributed by atoms with E-state index in [2.05, 4.69) is 15.3 Å². The van der Waals surface area contributed by atoms with Crippen LogP contribution in [0.2, 0.25) is 0 Å². The maximum Gasteiger partial charge on any atom is 0.274 e. The molecule has 1 aromatic heterocycles. The van der Waals surface area contributed by atoms with Crippen molar-refractivity contribution in [2.45, 2.75) is 30.6 Å². The smallest absolute Gasteiger partial charge is 0.274 e. The van der Waals surface area contributed by atoms with Gasteiger partial charge in [0.15, 0.2) is 11.6 Å². The number of nitrogens with zero attached hydrogens (tertiary/aromatic N) is 2. The Balaban J connectivity index is 1.89. The SMILES string of the molecule is CSC1(C)CCC(c2cc(NC(=O)c3ccc(F)cn3)cc(F)c2F)N=C1N. The molecule has 9 heteroatoms. The van der Waals surface area contributed by atoms with Crippen LogP contribution < -0.4 is 11.1 Å². The van der Waals surface area contributed by atoms with Crippen molar-refractivity contribution in [1.82, 2.24) is 4.98 Å². The predicted molar refractivity (Wildman–Crippen MR) is 104 cm³/mol. The number of nitrogens with two attached hydrogens (primary N) is 1. The molecule has 2 heterocycles. The average molecular weight is 408 g/mol. The van der Waals surface area contributed by atoms with Crippen molar-refractivity contribution >= 4 is 29.2 Å². The fourth-order valence-electron chi connectivity index (χ4n) is 2.97. The molecule has 0 fully saturated rings. The van der Waals surface area contributed by atoms with Crippen LogP contribution in [0.5, 0.6) is 0 Å². The van der Waals surface area contributed by atoms with Crippen LogP contribution in [0.25, 0.3) is 0 Å². The number of halogens is 3. The molecule has 0 saturated heterocycles. The lowest BCUT2D eigenvalue weighted by Crippen LogP contribution is -2.41. The standard InChI is InChI=1S/C19H19F3N4OS/c1-19(28-2)6-5-14(26-18(19)23)12-7-11(8-13(21)16(12)22)25-17(27)15-4-3-10(20)9-24-15/h3-4,7-9,14H,5-6H2,1-2H3,(H2,23,26)(H,25,27). The van der Waals surface area contributed by atoms with Gasteiger partial charge in [0.05, 0.1) is 17.0 Å². The zero-order valence-electron chi connectivity index (χ0n) is 15.3. The number of carbonyl (C=O) groups is 1. The van der Waals surface area contributed by atoms with Crippen LogP contribution in [0.15, 0.2) is 35.5 Å². The normalized spacial score (nSPS) is 21.9. The zero-order chi connectivity index (χ0) is 20.5. The van der Waals surface area contributed by atoms with Gasteiger partial charge in [-0.3, -0.25) is 9.79 Å². The number of thioether (sulfide) groups is 1. The largest absolute Gasteiger partial charge is 0.386 e. The number of rotatable bonds is 4. The van der Waals surface area contributed by atoms with Crippen LogP contribution in [0.3, 0.4) is 0 Å². The molecule has 1 aromatic carbocycles. The predicted octanol–water partition coefficient (Wildman–Crippen LogP) is 4.07. The molecular formula is C19H19F3N4OS. The summed E-state index contributed by atoms with van der Waals surface area (Å²) in [5.74, 6) is -3.00.